The van der Waals surface area contributed by atoms with Gasteiger partial charge in [-0.1, -0.05) is 30.4 Å². The first-order valence-corrected chi connectivity index (χ1v) is 5.42. The van der Waals surface area contributed by atoms with Crippen molar-refractivity contribution in [1.29, 1.82) is 0 Å². The maximum atomic E-state index is 11.6. The molecule has 4 heteroatoms. The molecule has 0 aliphatic rings. The number of esters is 1. The highest BCUT2D eigenvalue weighted by molar-refractivity contribution is 7.71. The molecule has 0 atom stereocenters. The number of carbonyl (C=O) groups excluding carboxylic acids is 1. The third-order valence-electron chi connectivity index (χ3n) is 2.25. The maximum absolute atomic E-state index is 11.6. The number of aromatic amines is 1. The van der Waals surface area contributed by atoms with Gasteiger partial charge in [-0.2, -0.15) is 0 Å². The van der Waals surface area contributed by atoms with Gasteiger partial charge in [0.15, 0.2) is 0 Å². The monoisotopic (exact) mass is 233 g/mol. The van der Waals surface area contributed by atoms with Crippen molar-refractivity contribution < 1.29 is 9.53 Å². The summed E-state index contributed by atoms with van der Waals surface area (Å²) < 4.78 is 5.35. The van der Waals surface area contributed by atoms with E-state index in [4.69, 9.17) is 17.0 Å². The van der Waals surface area contributed by atoms with E-state index in [0.29, 0.717) is 16.8 Å². The van der Waals surface area contributed by atoms with E-state index in [9.17, 15) is 4.79 Å². The Labute approximate surface area is 98.1 Å². The summed E-state index contributed by atoms with van der Waals surface area (Å²) in [5.41, 5.74) is 1.33. The summed E-state index contributed by atoms with van der Waals surface area (Å²) in [4.78, 5) is 14.6. The van der Waals surface area contributed by atoms with E-state index in [1.165, 1.54) is 0 Å². The molecule has 2 aromatic rings. The standard InChI is InChI=1S/C12H11NO2S/c1-2-15-12(14)9-7-8-5-3-4-6-10(8)13-11(9)16/h3-7H,2H2,1H3,(H,13,16). The van der Waals surface area contributed by atoms with Crippen LogP contribution in [0.25, 0.3) is 10.9 Å². The molecule has 2 rings (SSSR count). The Kier molecular flexibility index (Phi) is 3.01. The van der Waals surface area contributed by atoms with Crippen molar-refractivity contribution in [2.24, 2.45) is 0 Å². The van der Waals surface area contributed by atoms with Crippen LogP contribution in [0.15, 0.2) is 30.3 Å². The van der Waals surface area contributed by atoms with Crippen LogP contribution in [0.3, 0.4) is 0 Å². The number of nitrogens with one attached hydrogen (secondary N) is 1. The zero-order chi connectivity index (χ0) is 11.5. The fourth-order valence-electron chi connectivity index (χ4n) is 1.51. The second-order valence-electron chi connectivity index (χ2n) is 3.32. The fraction of sp³-hybridized carbons (Fsp3) is 0.167. The van der Waals surface area contributed by atoms with Gasteiger partial charge in [0.05, 0.1) is 12.2 Å². The Morgan fingerprint density at radius 3 is 2.94 bits per heavy atom. The zero-order valence-electron chi connectivity index (χ0n) is 8.82. The SMILES string of the molecule is CCOC(=O)c1cc2ccccc2[nH]c1=S. The Balaban J connectivity index is 2.58. The lowest BCUT2D eigenvalue weighted by atomic mass is 10.1. The molecule has 1 heterocycles. The number of carbonyl (C=O) groups is 1. The average Bonchev–Trinajstić information content (AvgIpc) is 2.28. The molecule has 0 saturated heterocycles. The summed E-state index contributed by atoms with van der Waals surface area (Å²) in [6.45, 7) is 2.12. The van der Waals surface area contributed by atoms with Crippen molar-refractivity contribution in [3.8, 4) is 0 Å². The van der Waals surface area contributed by atoms with Crippen molar-refractivity contribution >= 4 is 29.1 Å². The topological polar surface area (TPSA) is 42.1 Å². The van der Waals surface area contributed by atoms with Gasteiger partial charge in [-0.05, 0) is 24.4 Å². The third kappa shape index (κ3) is 1.97. The van der Waals surface area contributed by atoms with Gasteiger partial charge >= 0.3 is 5.97 Å². The molecule has 0 unspecified atom stereocenters. The summed E-state index contributed by atoms with van der Waals surface area (Å²) in [6.07, 6.45) is 0. The minimum Gasteiger partial charge on any atom is -0.462 e. The molecule has 1 aromatic heterocycles. The van der Waals surface area contributed by atoms with E-state index in [1.807, 2.05) is 24.3 Å². The van der Waals surface area contributed by atoms with Crippen molar-refractivity contribution in [1.82, 2.24) is 4.98 Å². The summed E-state index contributed by atoms with van der Waals surface area (Å²) in [5.74, 6) is -0.380. The van der Waals surface area contributed by atoms with Gasteiger partial charge in [0.1, 0.15) is 4.64 Å². The van der Waals surface area contributed by atoms with Crippen LogP contribution in [-0.4, -0.2) is 17.6 Å². The molecule has 1 N–H and O–H groups in total. The van der Waals surface area contributed by atoms with Crippen LogP contribution in [0.4, 0.5) is 0 Å². The second-order valence-corrected chi connectivity index (χ2v) is 3.73. The maximum Gasteiger partial charge on any atom is 0.341 e. The number of benzene rings is 1. The minimum absolute atomic E-state index is 0.348. The number of pyridine rings is 1. The number of para-hydroxylation sites is 1. The van der Waals surface area contributed by atoms with E-state index in [2.05, 4.69) is 4.98 Å². The van der Waals surface area contributed by atoms with Gasteiger partial charge in [-0.3, -0.25) is 0 Å². The highest BCUT2D eigenvalue weighted by atomic mass is 32.1. The van der Waals surface area contributed by atoms with Gasteiger partial charge in [0, 0.05) is 5.52 Å². The van der Waals surface area contributed by atoms with Gasteiger partial charge in [-0.15, -0.1) is 0 Å². The van der Waals surface area contributed by atoms with Crippen LogP contribution in [0.2, 0.25) is 0 Å². The first kappa shape index (κ1) is 10.8. The first-order chi connectivity index (χ1) is 7.72. The highest BCUT2D eigenvalue weighted by Crippen LogP contribution is 2.14. The molecule has 82 valence electrons. The number of aromatic nitrogens is 1. The summed E-state index contributed by atoms with van der Waals surface area (Å²) in [7, 11) is 0. The Morgan fingerprint density at radius 1 is 1.44 bits per heavy atom. The van der Waals surface area contributed by atoms with Crippen molar-refractivity contribution in [3.63, 3.8) is 0 Å². The van der Waals surface area contributed by atoms with Crippen LogP contribution in [0.5, 0.6) is 0 Å². The third-order valence-corrected chi connectivity index (χ3v) is 2.57. The van der Waals surface area contributed by atoms with Gasteiger partial charge in [0.25, 0.3) is 0 Å². The molecule has 0 saturated carbocycles. The normalized spacial score (nSPS) is 10.3. The molecule has 0 aliphatic carbocycles. The number of H-pyrrole nitrogens is 1. The van der Waals surface area contributed by atoms with Crippen LogP contribution in [0.1, 0.15) is 17.3 Å². The zero-order valence-corrected chi connectivity index (χ0v) is 9.64. The van der Waals surface area contributed by atoms with E-state index >= 15 is 0 Å². The lowest BCUT2D eigenvalue weighted by Crippen LogP contribution is -2.06. The molecular weight excluding hydrogens is 222 g/mol. The number of ether oxygens (including phenoxy) is 1. The Hall–Kier alpha value is -1.68. The van der Waals surface area contributed by atoms with Crippen LogP contribution in [-0.2, 0) is 4.74 Å². The quantitative estimate of drug-likeness (QED) is 0.640. The summed E-state index contributed by atoms with van der Waals surface area (Å²) >= 11 is 5.11. The molecular formula is C12H11NO2S. The smallest absolute Gasteiger partial charge is 0.341 e. The molecule has 0 fully saturated rings. The molecule has 16 heavy (non-hydrogen) atoms. The van der Waals surface area contributed by atoms with E-state index < -0.39 is 0 Å². The lowest BCUT2D eigenvalue weighted by molar-refractivity contribution is 0.0525. The van der Waals surface area contributed by atoms with Crippen LogP contribution >= 0.6 is 12.2 Å². The van der Waals surface area contributed by atoms with Crippen molar-refractivity contribution in [3.05, 3.63) is 40.5 Å². The molecule has 1 aromatic carbocycles. The second kappa shape index (κ2) is 4.45. The van der Waals surface area contributed by atoms with E-state index in [0.717, 1.165) is 10.9 Å². The van der Waals surface area contributed by atoms with Crippen LogP contribution < -0.4 is 0 Å². The molecule has 0 amide bonds. The first-order valence-electron chi connectivity index (χ1n) is 5.01. The number of hydrogen-bond acceptors (Lipinski definition) is 3. The number of hydrogen-bond donors (Lipinski definition) is 1. The predicted octanol–water partition coefficient (Wildman–Crippen LogP) is 3.07. The fourth-order valence-corrected chi connectivity index (χ4v) is 1.76. The molecule has 3 nitrogen and oxygen atoms in total. The summed E-state index contributed by atoms with van der Waals surface area (Å²) in [6, 6.07) is 9.42. The van der Waals surface area contributed by atoms with Crippen molar-refractivity contribution in [2.45, 2.75) is 6.92 Å². The largest absolute Gasteiger partial charge is 0.462 e. The van der Waals surface area contributed by atoms with Crippen LogP contribution in [0, 0.1) is 4.64 Å². The highest BCUT2D eigenvalue weighted by Gasteiger charge is 2.09. The minimum atomic E-state index is -0.380. The number of fused-ring (bicyclic) bond motifs is 1. The summed E-state index contributed by atoms with van der Waals surface area (Å²) in [5, 5.41) is 0.944. The van der Waals surface area contributed by atoms with E-state index in [1.54, 1.807) is 13.0 Å². The van der Waals surface area contributed by atoms with Gasteiger partial charge < -0.3 is 9.72 Å². The van der Waals surface area contributed by atoms with Crippen molar-refractivity contribution in [2.75, 3.05) is 6.61 Å². The number of rotatable bonds is 2. The lowest BCUT2D eigenvalue weighted by Gasteiger charge is -2.04. The molecule has 0 aliphatic heterocycles. The predicted molar refractivity (Wildman–Crippen MR) is 65.1 cm³/mol. The molecule has 0 spiro atoms. The van der Waals surface area contributed by atoms with Gasteiger partial charge in [-0.25, -0.2) is 4.79 Å². The van der Waals surface area contributed by atoms with Gasteiger partial charge in [0.2, 0.25) is 0 Å². The molecule has 0 radical (unpaired) electrons. The van der Waals surface area contributed by atoms with E-state index in [-0.39, 0.29) is 5.97 Å². The average molecular weight is 233 g/mol. The Morgan fingerprint density at radius 2 is 2.19 bits per heavy atom. The Bertz CT molecular complexity index is 589. The molecule has 0 bridgehead atoms.